The van der Waals surface area contributed by atoms with E-state index in [1.54, 1.807) is 29.2 Å². The van der Waals surface area contributed by atoms with Gasteiger partial charge in [0.25, 0.3) is 5.91 Å². The maximum atomic E-state index is 12.7. The number of hydrogen-bond acceptors (Lipinski definition) is 5. The molecule has 3 rings (SSSR count). The summed E-state index contributed by atoms with van der Waals surface area (Å²) >= 11 is 0. The van der Waals surface area contributed by atoms with Gasteiger partial charge < -0.3 is 18.8 Å². The lowest BCUT2D eigenvalue weighted by atomic mass is 10.1. The van der Waals surface area contributed by atoms with Crippen LogP contribution in [0.2, 0.25) is 0 Å². The Morgan fingerprint density at radius 2 is 1.96 bits per heavy atom. The number of amides is 1. The molecule has 122 valence electrons. The zero-order valence-corrected chi connectivity index (χ0v) is 13.4. The topological polar surface area (TPSA) is 69.0 Å². The van der Waals surface area contributed by atoms with E-state index in [1.165, 1.54) is 7.11 Å². The third kappa shape index (κ3) is 2.94. The van der Waals surface area contributed by atoms with Crippen molar-refractivity contribution < 1.29 is 18.7 Å². The van der Waals surface area contributed by atoms with Gasteiger partial charge in [0.15, 0.2) is 11.3 Å². The standard InChI is InChI=1S/C17H19NO5/c1-10-8-18(9-11(2)22-10)16(19)13-7-12-5-4-6-14(21-3)15(12)23-17(13)20/h4-7,10-11H,8-9H2,1-3H3/t10-,11-/m0/s1. The number of methoxy groups -OCH3 is 1. The summed E-state index contributed by atoms with van der Waals surface area (Å²) in [7, 11) is 1.50. The molecule has 23 heavy (non-hydrogen) atoms. The number of morpholine rings is 1. The normalized spacial score (nSPS) is 21.4. The molecule has 1 amide bonds. The van der Waals surface area contributed by atoms with Crippen molar-refractivity contribution >= 4 is 16.9 Å². The lowest BCUT2D eigenvalue weighted by Crippen LogP contribution is -2.49. The second-order valence-electron chi connectivity index (χ2n) is 5.79. The molecule has 0 radical (unpaired) electrons. The van der Waals surface area contributed by atoms with Crippen molar-refractivity contribution in [3.63, 3.8) is 0 Å². The fraction of sp³-hybridized carbons (Fsp3) is 0.412. The summed E-state index contributed by atoms with van der Waals surface area (Å²) in [6.45, 7) is 4.73. The Kier molecular flexibility index (Phi) is 4.09. The first-order chi connectivity index (χ1) is 11.0. The van der Waals surface area contributed by atoms with Crippen LogP contribution in [0, 0.1) is 0 Å². The molecule has 2 aromatic rings. The number of benzene rings is 1. The quantitative estimate of drug-likeness (QED) is 0.793. The van der Waals surface area contributed by atoms with E-state index in [1.807, 2.05) is 13.8 Å². The van der Waals surface area contributed by atoms with Gasteiger partial charge in [-0.15, -0.1) is 0 Å². The first-order valence-corrected chi connectivity index (χ1v) is 7.55. The largest absolute Gasteiger partial charge is 0.493 e. The Morgan fingerprint density at radius 3 is 2.61 bits per heavy atom. The highest BCUT2D eigenvalue weighted by atomic mass is 16.5. The van der Waals surface area contributed by atoms with E-state index < -0.39 is 5.63 Å². The van der Waals surface area contributed by atoms with E-state index in [-0.39, 0.29) is 23.7 Å². The van der Waals surface area contributed by atoms with Crippen LogP contribution in [0.5, 0.6) is 5.75 Å². The highest BCUT2D eigenvalue weighted by molar-refractivity contribution is 5.97. The first kappa shape index (κ1) is 15.6. The van der Waals surface area contributed by atoms with Crippen LogP contribution in [0.25, 0.3) is 11.0 Å². The second kappa shape index (κ2) is 6.04. The van der Waals surface area contributed by atoms with Crippen LogP contribution >= 0.6 is 0 Å². The van der Waals surface area contributed by atoms with Gasteiger partial charge in [0.1, 0.15) is 5.56 Å². The van der Waals surface area contributed by atoms with Gasteiger partial charge in [-0.2, -0.15) is 0 Å². The summed E-state index contributed by atoms with van der Waals surface area (Å²) in [6, 6.07) is 6.84. The molecular formula is C17H19NO5. The summed E-state index contributed by atoms with van der Waals surface area (Å²) in [5, 5.41) is 0.654. The molecule has 1 fully saturated rings. The summed E-state index contributed by atoms with van der Waals surface area (Å²) < 4.78 is 16.1. The van der Waals surface area contributed by atoms with Crippen molar-refractivity contribution in [1.82, 2.24) is 4.90 Å². The Hall–Kier alpha value is -2.34. The van der Waals surface area contributed by atoms with Crippen LogP contribution in [0.1, 0.15) is 24.2 Å². The van der Waals surface area contributed by atoms with Gasteiger partial charge in [-0.3, -0.25) is 4.79 Å². The van der Waals surface area contributed by atoms with E-state index in [0.717, 1.165) is 0 Å². The SMILES string of the molecule is COc1cccc2cc(C(=O)N3C[C@H](C)O[C@@H](C)C3)c(=O)oc12. The molecule has 0 saturated carbocycles. The third-order valence-electron chi connectivity index (χ3n) is 3.88. The molecule has 0 aliphatic carbocycles. The zero-order chi connectivity index (χ0) is 16.6. The molecule has 1 aromatic carbocycles. The number of para-hydroxylation sites is 1. The number of carbonyl (C=O) groups is 1. The minimum atomic E-state index is -0.654. The average Bonchev–Trinajstić information content (AvgIpc) is 2.52. The lowest BCUT2D eigenvalue weighted by molar-refractivity contribution is -0.0587. The lowest BCUT2D eigenvalue weighted by Gasteiger charge is -2.35. The highest BCUT2D eigenvalue weighted by Crippen LogP contribution is 2.25. The van der Waals surface area contributed by atoms with Gasteiger partial charge in [0.05, 0.1) is 19.3 Å². The Labute approximate surface area is 133 Å². The van der Waals surface area contributed by atoms with Gasteiger partial charge in [-0.25, -0.2) is 4.79 Å². The van der Waals surface area contributed by atoms with Crippen molar-refractivity contribution in [1.29, 1.82) is 0 Å². The molecule has 0 bridgehead atoms. The van der Waals surface area contributed by atoms with E-state index in [0.29, 0.717) is 29.8 Å². The van der Waals surface area contributed by atoms with Crippen molar-refractivity contribution in [3.05, 3.63) is 40.2 Å². The predicted octanol–water partition coefficient (Wildman–Crippen LogP) is 2.05. The average molecular weight is 317 g/mol. The second-order valence-corrected chi connectivity index (χ2v) is 5.79. The summed E-state index contributed by atoms with van der Waals surface area (Å²) in [6.07, 6.45) is -0.120. The molecule has 0 unspecified atom stereocenters. The van der Waals surface area contributed by atoms with Crippen molar-refractivity contribution in [2.45, 2.75) is 26.1 Å². The molecular weight excluding hydrogens is 298 g/mol. The minimum Gasteiger partial charge on any atom is -0.493 e. The van der Waals surface area contributed by atoms with E-state index in [9.17, 15) is 9.59 Å². The summed E-state index contributed by atoms with van der Waals surface area (Å²) in [5.41, 5.74) is -0.272. The molecule has 0 spiro atoms. The van der Waals surface area contributed by atoms with E-state index in [2.05, 4.69) is 0 Å². The van der Waals surface area contributed by atoms with Crippen LogP contribution in [0.4, 0.5) is 0 Å². The van der Waals surface area contributed by atoms with Gasteiger partial charge in [0, 0.05) is 18.5 Å². The number of fused-ring (bicyclic) bond motifs is 1. The Balaban J connectivity index is 2.01. The Bertz CT molecular complexity index is 787. The van der Waals surface area contributed by atoms with Gasteiger partial charge in [-0.05, 0) is 26.0 Å². The number of nitrogens with zero attached hydrogens (tertiary/aromatic N) is 1. The number of ether oxygens (including phenoxy) is 2. The van der Waals surface area contributed by atoms with Crippen LogP contribution in [0.15, 0.2) is 33.5 Å². The maximum absolute atomic E-state index is 12.7. The molecule has 2 heterocycles. The molecule has 1 saturated heterocycles. The fourth-order valence-corrected chi connectivity index (χ4v) is 2.94. The van der Waals surface area contributed by atoms with E-state index >= 15 is 0 Å². The molecule has 6 heteroatoms. The molecule has 1 aliphatic rings. The molecule has 1 aromatic heterocycles. The molecule has 2 atom stereocenters. The smallest absolute Gasteiger partial charge is 0.349 e. The van der Waals surface area contributed by atoms with Gasteiger partial charge >= 0.3 is 5.63 Å². The highest BCUT2D eigenvalue weighted by Gasteiger charge is 2.28. The van der Waals surface area contributed by atoms with E-state index in [4.69, 9.17) is 13.9 Å². The van der Waals surface area contributed by atoms with Crippen molar-refractivity contribution in [3.8, 4) is 5.75 Å². The number of hydrogen-bond donors (Lipinski definition) is 0. The monoisotopic (exact) mass is 317 g/mol. The van der Waals surface area contributed by atoms with Crippen LogP contribution in [-0.4, -0.2) is 43.2 Å². The molecule has 0 N–H and O–H groups in total. The number of rotatable bonds is 2. The van der Waals surface area contributed by atoms with Gasteiger partial charge in [-0.1, -0.05) is 12.1 Å². The minimum absolute atomic E-state index is 0.0343. The predicted molar refractivity (Wildman–Crippen MR) is 84.9 cm³/mol. The maximum Gasteiger partial charge on any atom is 0.349 e. The first-order valence-electron chi connectivity index (χ1n) is 7.55. The van der Waals surface area contributed by atoms with Crippen LogP contribution in [0.3, 0.4) is 0 Å². The zero-order valence-electron chi connectivity index (χ0n) is 13.4. The van der Waals surface area contributed by atoms with Crippen LogP contribution < -0.4 is 10.4 Å². The summed E-state index contributed by atoms with van der Waals surface area (Å²) in [4.78, 5) is 26.6. The van der Waals surface area contributed by atoms with Crippen LogP contribution in [-0.2, 0) is 4.74 Å². The van der Waals surface area contributed by atoms with Crippen molar-refractivity contribution in [2.75, 3.05) is 20.2 Å². The molecule has 1 aliphatic heterocycles. The third-order valence-corrected chi connectivity index (χ3v) is 3.88. The van der Waals surface area contributed by atoms with Gasteiger partial charge in [0.2, 0.25) is 0 Å². The fourth-order valence-electron chi connectivity index (χ4n) is 2.94. The van der Waals surface area contributed by atoms with Crippen molar-refractivity contribution in [2.24, 2.45) is 0 Å². The summed E-state index contributed by atoms with van der Waals surface area (Å²) in [5.74, 6) is 0.137. The molecule has 6 nitrogen and oxygen atoms in total. The Morgan fingerprint density at radius 1 is 1.26 bits per heavy atom. The number of carbonyl (C=O) groups excluding carboxylic acids is 1.